The highest BCUT2D eigenvalue weighted by molar-refractivity contribution is 5.70. The summed E-state index contributed by atoms with van der Waals surface area (Å²) in [6.45, 7) is 2.90. The molecule has 1 aliphatic heterocycles. The first kappa shape index (κ1) is 12.8. The minimum Gasteiger partial charge on any atom is -0.452 e. The Labute approximate surface area is 97.8 Å². The Balaban J connectivity index is 2.72. The fourth-order valence-corrected chi connectivity index (χ4v) is 1.74. The molecule has 1 heterocycles. The molecule has 0 aromatic rings. The van der Waals surface area contributed by atoms with E-state index in [9.17, 15) is 4.79 Å². The van der Waals surface area contributed by atoms with Gasteiger partial charge in [0.25, 0.3) is 0 Å². The molecule has 3 heteroatoms. The molecule has 0 aliphatic carbocycles. The summed E-state index contributed by atoms with van der Waals surface area (Å²) in [5, 5.41) is 0. The van der Waals surface area contributed by atoms with Crippen molar-refractivity contribution >= 4 is 6.09 Å². The van der Waals surface area contributed by atoms with Crippen molar-refractivity contribution in [3.05, 3.63) is 23.9 Å². The van der Waals surface area contributed by atoms with E-state index in [1.807, 2.05) is 6.08 Å². The van der Waals surface area contributed by atoms with Crippen molar-refractivity contribution in [3.63, 3.8) is 0 Å². The van der Waals surface area contributed by atoms with Gasteiger partial charge in [0.2, 0.25) is 0 Å². The number of ether oxygens (including phenoxy) is 1. The quantitative estimate of drug-likeness (QED) is 0.733. The van der Waals surface area contributed by atoms with Crippen molar-refractivity contribution < 1.29 is 9.53 Å². The van der Waals surface area contributed by atoms with Crippen molar-refractivity contribution in [3.8, 4) is 0 Å². The number of carbonyl (C=O) groups is 1. The molecule has 0 fully saturated rings. The second-order valence-electron chi connectivity index (χ2n) is 3.94. The van der Waals surface area contributed by atoms with Crippen LogP contribution in [-0.2, 0) is 4.74 Å². The standard InChI is InChI=1S/C13H21NO2/c1-3-4-6-9-12-10-7-5-8-11-14(12)13(15)16-2/h6,9-10H,3-5,7-8,11H2,1-2H3/b9-6+. The lowest BCUT2D eigenvalue weighted by Gasteiger charge is -2.20. The van der Waals surface area contributed by atoms with E-state index in [0.29, 0.717) is 0 Å². The highest BCUT2D eigenvalue weighted by atomic mass is 16.5. The number of hydrogen-bond acceptors (Lipinski definition) is 2. The van der Waals surface area contributed by atoms with E-state index in [2.05, 4.69) is 19.1 Å². The van der Waals surface area contributed by atoms with Gasteiger partial charge in [-0.1, -0.05) is 25.5 Å². The lowest BCUT2D eigenvalue weighted by atomic mass is 10.2. The molecular weight excluding hydrogens is 202 g/mol. The average Bonchev–Trinajstić information content (AvgIpc) is 2.54. The van der Waals surface area contributed by atoms with Gasteiger partial charge in [0.05, 0.1) is 7.11 Å². The van der Waals surface area contributed by atoms with Gasteiger partial charge >= 0.3 is 6.09 Å². The van der Waals surface area contributed by atoms with Crippen molar-refractivity contribution in [2.24, 2.45) is 0 Å². The van der Waals surface area contributed by atoms with Gasteiger partial charge in [-0.25, -0.2) is 4.79 Å². The van der Waals surface area contributed by atoms with E-state index in [-0.39, 0.29) is 6.09 Å². The number of unbranched alkanes of at least 4 members (excludes halogenated alkanes) is 1. The highest BCUT2D eigenvalue weighted by Crippen LogP contribution is 2.17. The van der Waals surface area contributed by atoms with Crippen LogP contribution in [0, 0.1) is 0 Å². The summed E-state index contributed by atoms with van der Waals surface area (Å²) in [7, 11) is 1.43. The third kappa shape index (κ3) is 3.72. The zero-order valence-corrected chi connectivity index (χ0v) is 10.2. The number of hydrogen-bond donors (Lipinski definition) is 0. The van der Waals surface area contributed by atoms with Crippen LogP contribution in [0.3, 0.4) is 0 Å². The summed E-state index contributed by atoms with van der Waals surface area (Å²) in [5.41, 5.74) is 0.984. The summed E-state index contributed by atoms with van der Waals surface area (Å²) < 4.78 is 4.79. The number of carbonyl (C=O) groups excluding carboxylic acids is 1. The third-order valence-electron chi connectivity index (χ3n) is 2.64. The first-order valence-corrected chi connectivity index (χ1v) is 6.01. The first-order chi connectivity index (χ1) is 7.79. The lowest BCUT2D eigenvalue weighted by Crippen LogP contribution is -2.29. The Bertz CT molecular complexity index is 282. The van der Waals surface area contributed by atoms with Gasteiger partial charge in [0.1, 0.15) is 0 Å². The zero-order valence-electron chi connectivity index (χ0n) is 10.2. The Morgan fingerprint density at radius 2 is 2.38 bits per heavy atom. The minimum atomic E-state index is -0.255. The minimum absolute atomic E-state index is 0.255. The molecule has 0 N–H and O–H groups in total. The van der Waals surface area contributed by atoms with Crippen LogP contribution in [0.1, 0.15) is 39.0 Å². The maximum absolute atomic E-state index is 11.6. The van der Waals surface area contributed by atoms with E-state index in [0.717, 1.165) is 44.3 Å². The van der Waals surface area contributed by atoms with Crippen molar-refractivity contribution in [2.75, 3.05) is 13.7 Å². The second kappa shape index (κ2) is 7.09. The van der Waals surface area contributed by atoms with Gasteiger partial charge in [-0.3, -0.25) is 4.90 Å². The van der Waals surface area contributed by atoms with E-state index >= 15 is 0 Å². The number of allylic oxidation sites excluding steroid dienone is 3. The molecule has 90 valence electrons. The van der Waals surface area contributed by atoms with E-state index in [1.165, 1.54) is 7.11 Å². The average molecular weight is 223 g/mol. The normalized spacial score (nSPS) is 17.1. The van der Waals surface area contributed by atoms with Gasteiger partial charge < -0.3 is 4.74 Å². The third-order valence-corrected chi connectivity index (χ3v) is 2.64. The summed E-state index contributed by atoms with van der Waals surface area (Å²) in [4.78, 5) is 13.3. The maximum Gasteiger partial charge on any atom is 0.413 e. The molecule has 0 saturated heterocycles. The number of rotatable bonds is 3. The topological polar surface area (TPSA) is 29.5 Å². The SMILES string of the molecule is CCC/C=C/C1=CCCCCN1C(=O)OC. The second-order valence-corrected chi connectivity index (χ2v) is 3.94. The van der Waals surface area contributed by atoms with Crippen LogP contribution in [-0.4, -0.2) is 24.6 Å². The summed E-state index contributed by atoms with van der Waals surface area (Å²) in [6, 6.07) is 0. The number of methoxy groups -OCH3 is 1. The molecule has 16 heavy (non-hydrogen) atoms. The molecule has 3 nitrogen and oxygen atoms in total. The van der Waals surface area contributed by atoms with Crippen LogP contribution in [0.25, 0.3) is 0 Å². The van der Waals surface area contributed by atoms with E-state index in [4.69, 9.17) is 4.74 Å². The van der Waals surface area contributed by atoms with Crippen molar-refractivity contribution in [2.45, 2.75) is 39.0 Å². The predicted molar refractivity (Wildman–Crippen MR) is 65.1 cm³/mol. The summed E-state index contributed by atoms with van der Waals surface area (Å²) in [5.74, 6) is 0. The molecule has 0 aromatic heterocycles. The maximum atomic E-state index is 11.6. The molecule has 0 saturated carbocycles. The zero-order chi connectivity index (χ0) is 11.8. The van der Waals surface area contributed by atoms with E-state index in [1.54, 1.807) is 4.90 Å². The largest absolute Gasteiger partial charge is 0.452 e. The first-order valence-electron chi connectivity index (χ1n) is 6.01. The molecular formula is C13H21NO2. The van der Waals surface area contributed by atoms with Crippen LogP contribution in [0.4, 0.5) is 4.79 Å². The number of amides is 1. The van der Waals surface area contributed by atoms with Crippen LogP contribution < -0.4 is 0 Å². The Hall–Kier alpha value is -1.25. The molecule has 0 spiro atoms. The molecule has 0 aromatic carbocycles. The van der Waals surface area contributed by atoms with Gasteiger partial charge in [-0.15, -0.1) is 0 Å². The van der Waals surface area contributed by atoms with Crippen LogP contribution in [0.5, 0.6) is 0 Å². The Kier molecular flexibility index (Phi) is 5.68. The summed E-state index contributed by atoms with van der Waals surface area (Å²) >= 11 is 0. The molecule has 0 unspecified atom stereocenters. The van der Waals surface area contributed by atoms with Gasteiger partial charge in [-0.05, 0) is 31.8 Å². The molecule has 0 radical (unpaired) electrons. The van der Waals surface area contributed by atoms with Crippen LogP contribution in [0.15, 0.2) is 23.9 Å². The van der Waals surface area contributed by atoms with Gasteiger partial charge in [0, 0.05) is 12.2 Å². The Morgan fingerprint density at radius 1 is 1.56 bits per heavy atom. The fraction of sp³-hybridized carbons (Fsp3) is 0.615. The Morgan fingerprint density at radius 3 is 3.06 bits per heavy atom. The molecule has 0 atom stereocenters. The van der Waals surface area contributed by atoms with Gasteiger partial charge in [0.15, 0.2) is 0 Å². The molecule has 1 rings (SSSR count). The van der Waals surface area contributed by atoms with E-state index < -0.39 is 0 Å². The molecule has 0 bridgehead atoms. The fourth-order valence-electron chi connectivity index (χ4n) is 1.74. The van der Waals surface area contributed by atoms with Gasteiger partial charge in [-0.2, -0.15) is 0 Å². The number of nitrogens with zero attached hydrogens (tertiary/aromatic N) is 1. The lowest BCUT2D eigenvalue weighted by molar-refractivity contribution is 0.137. The van der Waals surface area contributed by atoms with Crippen LogP contribution >= 0.6 is 0 Å². The van der Waals surface area contributed by atoms with Crippen LogP contribution in [0.2, 0.25) is 0 Å². The monoisotopic (exact) mass is 223 g/mol. The molecule has 1 amide bonds. The summed E-state index contributed by atoms with van der Waals surface area (Å²) in [6.07, 6.45) is 11.4. The smallest absolute Gasteiger partial charge is 0.413 e. The predicted octanol–water partition coefficient (Wildman–Crippen LogP) is 3.48. The van der Waals surface area contributed by atoms with Crippen molar-refractivity contribution in [1.29, 1.82) is 0 Å². The molecule has 1 aliphatic rings. The highest BCUT2D eigenvalue weighted by Gasteiger charge is 2.17. The van der Waals surface area contributed by atoms with Crippen molar-refractivity contribution in [1.82, 2.24) is 4.90 Å².